The van der Waals surface area contributed by atoms with Crippen LogP contribution in [0.25, 0.3) is 10.9 Å². The first-order chi connectivity index (χ1) is 8.35. The molecule has 0 fully saturated rings. The van der Waals surface area contributed by atoms with E-state index in [0.717, 1.165) is 19.4 Å². The molecule has 0 amide bonds. The van der Waals surface area contributed by atoms with Crippen LogP contribution in [0.1, 0.15) is 12.0 Å². The quantitative estimate of drug-likeness (QED) is 0.802. The smallest absolute Gasteiger partial charge is 0.0477 e. The van der Waals surface area contributed by atoms with Crippen LogP contribution in [0.3, 0.4) is 0 Å². The molecule has 0 saturated carbocycles. The number of hydrogen-bond donors (Lipinski definition) is 2. The highest BCUT2D eigenvalue weighted by atomic mass is 16.5. The molecule has 1 aromatic carbocycles. The number of nitrogens with one attached hydrogen (secondary N) is 2. The van der Waals surface area contributed by atoms with Crippen molar-refractivity contribution < 1.29 is 4.74 Å². The molecule has 0 aliphatic carbocycles. The van der Waals surface area contributed by atoms with Crippen molar-refractivity contribution >= 4 is 10.9 Å². The zero-order valence-corrected chi connectivity index (χ0v) is 10.5. The summed E-state index contributed by atoms with van der Waals surface area (Å²) in [5, 5.41) is 4.67. The fourth-order valence-corrected chi connectivity index (χ4v) is 2.17. The van der Waals surface area contributed by atoms with Crippen LogP contribution in [0.5, 0.6) is 0 Å². The fraction of sp³-hybridized carbons (Fsp3) is 0.429. The van der Waals surface area contributed by atoms with E-state index in [9.17, 15) is 0 Å². The Labute approximate surface area is 102 Å². The van der Waals surface area contributed by atoms with Gasteiger partial charge in [-0.2, -0.15) is 0 Å². The van der Waals surface area contributed by atoms with Gasteiger partial charge in [-0.05, 0) is 31.5 Å². The maximum atomic E-state index is 5.13. The molecule has 2 aromatic rings. The molecule has 92 valence electrons. The Hall–Kier alpha value is -1.32. The standard InChI is InChI=1S/C14H20N2O/c1-15-12(7-8-17-2)9-11-10-16-14-6-4-3-5-13(11)14/h3-6,10,12,15-16H,7-9H2,1-2H3. The maximum absolute atomic E-state index is 5.13. The van der Waals surface area contributed by atoms with Crippen LogP contribution >= 0.6 is 0 Å². The van der Waals surface area contributed by atoms with Gasteiger partial charge >= 0.3 is 0 Å². The molecule has 0 bridgehead atoms. The van der Waals surface area contributed by atoms with Gasteiger partial charge in [0.1, 0.15) is 0 Å². The third-order valence-corrected chi connectivity index (χ3v) is 3.22. The Bertz CT molecular complexity index is 464. The Morgan fingerprint density at radius 3 is 2.94 bits per heavy atom. The number of rotatable bonds is 6. The number of fused-ring (bicyclic) bond motifs is 1. The highest BCUT2D eigenvalue weighted by Gasteiger charge is 2.10. The molecule has 2 rings (SSSR count). The summed E-state index contributed by atoms with van der Waals surface area (Å²) in [7, 11) is 3.76. The highest BCUT2D eigenvalue weighted by Crippen LogP contribution is 2.19. The van der Waals surface area contributed by atoms with Crippen molar-refractivity contribution in [2.24, 2.45) is 0 Å². The summed E-state index contributed by atoms with van der Waals surface area (Å²) in [5.74, 6) is 0. The van der Waals surface area contributed by atoms with Gasteiger partial charge in [-0.15, -0.1) is 0 Å². The third kappa shape index (κ3) is 2.87. The van der Waals surface area contributed by atoms with Gasteiger partial charge in [0.2, 0.25) is 0 Å². The van der Waals surface area contributed by atoms with Crippen molar-refractivity contribution in [3.8, 4) is 0 Å². The van der Waals surface area contributed by atoms with Crippen LogP contribution in [-0.4, -0.2) is 31.8 Å². The number of aromatic amines is 1. The van der Waals surface area contributed by atoms with E-state index < -0.39 is 0 Å². The summed E-state index contributed by atoms with van der Waals surface area (Å²) in [5.41, 5.74) is 2.58. The molecule has 1 unspecified atom stereocenters. The number of likely N-dealkylation sites (N-methyl/N-ethyl adjacent to an activating group) is 1. The van der Waals surface area contributed by atoms with Crippen molar-refractivity contribution in [3.05, 3.63) is 36.0 Å². The van der Waals surface area contributed by atoms with E-state index in [0.29, 0.717) is 6.04 Å². The van der Waals surface area contributed by atoms with E-state index in [4.69, 9.17) is 4.74 Å². The first kappa shape index (κ1) is 12.1. The average Bonchev–Trinajstić information content (AvgIpc) is 2.78. The van der Waals surface area contributed by atoms with Gasteiger partial charge < -0.3 is 15.0 Å². The molecule has 1 heterocycles. The molecule has 3 heteroatoms. The zero-order chi connectivity index (χ0) is 12.1. The lowest BCUT2D eigenvalue weighted by molar-refractivity contribution is 0.184. The second-order valence-electron chi connectivity index (χ2n) is 4.33. The normalized spacial score (nSPS) is 13.1. The monoisotopic (exact) mass is 232 g/mol. The molecular formula is C14H20N2O. The minimum absolute atomic E-state index is 0.467. The molecule has 0 spiro atoms. The van der Waals surface area contributed by atoms with E-state index in [1.807, 2.05) is 7.05 Å². The Kier molecular flexibility index (Phi) is 4.18. The summed E-state index contributed by atoms with van der Waals surface area (Å²) in [6, 6.07) is 8.90. The number of aromatic nitrogens is 1. The summed E-state index contributed by atoms with van der Waals surface area (Å²) in [6.45, 7) is 0.799. The summed E-state index contributed by atoms with van der Waals surface area (Å²) in [4.78, 5) is 3.31. The summed E-state index contributed by atoms with van der Waals surface area (Å²) < 4.78 is 5.13. The number of para-hydroxylation sites is 1. The highest BCUT2D eigenvalue weighted by molar-refractivity contribution is 5.83. The van der Waals surface area contributed by atoms with Gasteiger partial charge in [-0.25, -0.2) is 0 Å². The number of ether oxygens (including phenoxy) is 1. The topological polar surface area (TPSA) is 37.0 Å². The molecule has 0 radical (unpaired) electrons. The second-order valence-corrected chi connectivity index (χ2v) is 4.33. The van der Waals surface area contributed by atoms with E-state index >= 15 is 0 Å². The van der Waals surface area contributed by atoms with Crippen LogP contribution in [0.4, 0.5) is 0 Å². The fourth-order valence-electron chi connectivity index (χ4n) is 2.17. The van der Waals surface area contributed by atoms with E-state index in [1.165, 1.54) is 16.5 Å². The van der Waals surface area contributed by atoms with Gasteiger partial charge in [-0.1, -0.05) is 18.2 Å². The molecule has 17 heavy (non-hydrogen) atoms. The van der Waals surface area contributed by atoms with Crippen molar-refractivity contribution in [3.63, 3.8) is 0 Å². The van der Waals surface area contributed by atoms with Crippen molar-refractivity contribution in [2.45, 2.75) is 18.9 Å². The third-order valence-electron chi connectivity index (χ3n) is 3.22. The van der Waals surface area contributed by atoms with E-state index in [-0.39, 0.29) is 0 Å². The molecule has 1 atom stereocenters. The van der Waals surface area contributed by atoms with Crippen LogP contribution in [0.15, 0.2) is 30.5 Å². The summed E-state index contributed by atoms with van der Waals surface area (Å²) in [6.07, 6.45) is 4.18. The zero-order valence-electron chi connectivity index (χ0n) is 10.5. The lowest BCUT2D eigenvalue weighted by Crippen LogP contribution is -2.28. The number of methoxy groups -OCH3 is 1. The summed E-state index contributed by atoms with van der Waals surface area (Å²) >= 11 is 0. The van der Waals surface area contributed by atoms with Crippen molar-refractivity contribution in [1.82, 2.24) is 10.3 Å². The Balaban J connectivity index is 2.11. The number of hydrogen-bond acceptors (Lipinski definition) is 2. The SMILES string of the molecule is CNC(CCOC)Cc1c[nH]c2ccccc12. The lowest BCUT2D eigenvalue weighted by atomic mass is 10.0. The van der Waals surface area contributed by atoms with Gasteiger partial charge in [0, 0.05) is 36.9 Å². The minimum Gasteiger partial charge on any atom is -0.385 e. The van der Waals surface area contributed by atoms with Gasteiger partial charge in [0.15, 0.2) is 0 Å². The second kappa shape index (κ2) is 5.84. The number of H-pyrrole nitrogens is 1. The van der Waals surface area contributed by atoms with Crippen LogP contribution in [0, 0.1) is 0 Å². The predicted molar refractivity (Wildman–Crippen MR) is 71.3 cm³/mol. The molecule has 0 saturated heterocycles. The molecular weight excluding hydrogens is 212 g/mol. The van der Waals surface area contributed by atoms with Crippen LogP contribution in [0.2, 0.25) is 0 Å². The van der Waals surface area contributed by atoms with Crippen molar-refractivity contribution in [2.75, 3.05) is 20.8 Å². The Morgan fingerprint density at radius 1 is 1.35 bits per heavy atom. The Morgan fingerprint density at radius 2 is 2.18 bits per heavy atom. The number of benzene rings is 1. The lowest BCUT2D eigenvalue weighted by Gasteiger charge is -2.15. The first-order valence-electron chi connectivity index (χ1n) is 6.06. The van der Waals surface area contributed by atoms with E-state index in [1.54, 1.807) is 7.11 Å². The van der Waals surface area contributed by atoms with Crippen LogP contribution < -0.4 is 5.32 Å². The van der Waals surface area contributed by atoms with Crippen molar-refractivity contribution in [1.29, 1.82) is 0 Å². The molecule has 2 N–H and O–H groups in total. The predicted octanol–water partition coefficient (Wildman–Crippen LogP) is 2.33. The molecule has 0 aliphatic rings. The molecule has 3 nitrogen and oxygen atoms in total. The van der Waals surface area contributed by atoms with Gasteiger partial charge in [-0.3, -0.25) is 0 Å². The minimum atomic E-state index is 0.467. The van der Waals surface area contributed by atoms with Gasteiger partial charge in [0.25, 0.3) is 0 Å². The maximum Gasteiger partial charge on any atom is 0.0477 e. The largest absolute Gasteiger partial charge is 0.385 e. The first-order valence-corrected chi connectivity index (χ1v) is 6.06. The molecule has 1 aromatic heterocycles. The van der Waals surface area contributed by atoms with Crippen LogP contribution in [-0.2, 0) is 11.2 Å². The van der Waals surface area contributed by atoms with E-state index in [2.05, 4.69) is 40.8 Å². The van der Waals surface area contributed by atoms with Gasteiger partial charge in [0.05, 0.1) is 0 Å². The molecule has 0 aliphatic heterocycles. The average molecular weight is 232 g/mol.